The number of carbonyl (C=O) groups is 1. The number of carbonyl (C=O) groups excluding carboxylic acids is 1. The normalized spacial score (nSPS) is 17.8. The number of anilines is 1. The molecule has 0 unspecified atom stereocenters. The quantitative estimate of drug-likeness (QED) is 0.678. The summed E-state index contributed by atoms with van der Waals surface area (Å²) in [7, 11) is -0.402. The number of rotatable bonds is 4. The van der Waals surface area contributed by atoms with Crippen LogP contribution in [-0.4, -0.2) is 30.5 Å². The Bertz CT molecular complexity index is 865. The van der Waals surface area contributed by atoms with Crippen LogP contribution in [0, 0.1) is 0 Å². The average Bonchev–Trinajstić information content (AvgIpc) is 3.09. The van der Waals surface area contributed by atoms with Gasteiger partial charge in [0.15, 0.2) is 0 Å². The van der Waals surface area contributed by atoms with Gasteiger partial charge in [-0.25, -0.2) is 4.79 Å². The first-order chi connectivity index (χ1) is 13.0. The number of thiophene rings is 1. The Morgan fingerprint density at radius 2 is 1.82 bits per heavy atom. The molecule has 2 heterocycles. The van der Waals surface area contributed by atoms with Gasteiger partial charge in [-0.15, -0.1) is 11.3 Å². The molecule has 0 bridgehead atoms. The van der Waals surface area contributed by atoms with Crippen LogP contribution in [0.5, 0.6) is 0 Å². The van der Waals surface area contributed by atoms with E-state index in [2.05, 4.69) is 5.32 Å². The lowest BCUT2D eigenvalue weighted by Crippen LogP contribution is -2.41. The third kappa shape index (κ3) is 4.38. The maximum Gasteiger partial charge on any atom is 0.495 e. The van der Waals surface area contributed by atoms with E-state index >= 15 is 0 Å². The van der Waals surface area contributed by atoms with Gasteiger partial charge < -0.3 is 14.0 Å². The van der Waals surface area contributed by atoms with Crippen LogP contribution in [0.1, 0.15) is 41.5 Å². The van der Waals surface area contributed by atoms with Gasteiger partial charge in [-0.05, 0) is 76.7 Å². The van der Waals surface area contributed by atoms with Crippen molar-refractivity contribution in [2.75, 3.05) is 5.32 Å². The highest BCUT2D eigenvalue weighted by molar-refractivity contribution is 7.14. The van der Waals surface area contributed by atoms with Crippen molar-refractivity contribution in [2.24, 2.45) is 0 Å². The first kappa shape index (κ1) is 21.2. The van der Waals surface area contributed by atoms with E-state index in [1.165, 1.54) is 0 Å². The van der Waals surface area contributed by atoms with Gasteiger partial charge in [-0.3, -0.25) is 5.32 Å². The maximum absolute atomic E-state index is 11.7. The molecule has 5 nitrogen and oxygen atoms in total. The number of hydrogen-bond donors (Lipinski definition) is 1. The molecule has 1 fully saturated rings. The minimum absolute atomic E-state index is 0.186. The number of nitrogens with one attached hydrogen (secondary N) is 1. The second kappa shape index (κ2) is 7.71. The van der Waals surface area contributed by atoms with E-state index in [9.17, 15) is 4.79 Å². The summed E-state index contributed by atoms with van der Waals surface area (Å²) in [6.45, 7) is 11.7. The van der Waals surface area contributed by atoms with Gasteiger partial charge in [0.25, 0.3) is 0 Å². The Morgan fingerprint density at radius 1 is 1.18 bits per heavy atom. The monoisotopic (exact) mass is 421 g/mol. The number of halogens is 1. The highest BCUT2D eigenvalue weighted by atomic mass is 35.5. The summed E-state index contributed by atoms with van der Waals surface area (Å²) >= 11 is 8.04. The predicted molar refractivity (Wildman–Crippen MR) is 116 cm³/mol. The van der Waals surface area contributed by atoms with Crippen LogP contribution in [0.3, 0.4) is 0 Å². The smallest absolute Gasteiger partial charge is 0.447 e. The van der Waals surface area contributed by atoms with Crippen LogP contribution in [-0.2, 0) is 14.0 Å². The van der Waals surface area contributed by atoms with Gasteiger partial charge in [0.05, 0.1) is 22.3 Å². The summed E-state index contributed by atoms with van der Waals surface area (Å²) < 4.78 is 17.3. The summed E-state index contributed by atoms with van der Waals surface area (Å²) in [6.07, 6.45) is -0.688. The van der Waals surface area contributed by atoms with Crippen molar-refractivity contribution in [3.05, 3.63) is 34.7 Å². The third-order valence-corrected chi connectivity index (χ3v) is 6.26. The molecule has 0 radical (unpaired) electrons. The van der Waals surface area contributed by atoms with Gasteiger partial charge in [0, 0.05) is 16.1 Å². The molecule has 28 heavy (non-hydrogen) atoms. The van der Waals surface area contributed by atoms with Crippen LogP contribution in [0.25, 0.3) is 10.4 Å². The average molecular weight is 422 g/mol. The molecule has 0 saturated carbocycles. The van der Waals surface area contributed by atoms with E-state index < -0.39 is 13.2 Å². The van der Waals surface area contributed by atoms with E-state index in [4.69, 9.17) is 25.6 Å². The standard InChI is InChI=1S/C20H25BClNO4S/c1-12(2)25-18(24)23-14-7-8-15(16(22)10-14)17-9-13(11-28-17)21-26-19(3,4)20(5,6)27-21/h7-12H,1-6H3,(H,23,24). The first-order valence-electron chi connectivity index (χ1n) is 9.20. The molecular weight excluding hydrogens is 397 g/mol. The van der Waals surface area contributed by atoms with Crippen molar-refractivity contribution in [2.45, 2.75) is 58.8 Å². The predicted octanol–water partition coefficient (Wildman–Crippen LogP) is 5.32. The molecule has 150 valence electrons. The van der Waals surface area contributed by atoms with E-state index in [0.717, 1.165) is 15.9 Å². The highest BCUT2D eigenvalue weighted by Crippen LogP contribution is 2.38. The first-order valence-corrected chi connectivity index (χ1v) is 10.5. The topological polar surface area (TPSA) is 56.8 Å². The molecule has 1 aliphatic heterocycles. The van der Waals surface area contributed by atoms with Crippen molar-refractivity contribution >= 4 is 47.3 Å². The summed E-state index contributed by atoms with van der Waals surface area (Å²) in [5.74, 6) is 0. The van der Waals surface area contributed by atoms with Crippen molar-refractivity contribution in [1.29, 1.82) is 0 Å². The van der Waals surface area contributed by atoms with Crippen LogP contribution in [0.2, 0.25) is 5.02 Å². The van der Waals surface area contributed by atoms with Crippen LogP contribution >= 0.6 is 22.9 Å². The molecule has 0 atom stereocenters. The summed E-state index contributed by atoms with van der Waals surface area (Å²) in [6, 6.07) is 7.44. The van der Waals surface area contributed by atoms with Crippen molar-refractivity contribution in [1.82, 2.24) is 0 Å². The SMILES string of the molecule is CC(C)OC(=O)Nc1ccc(-c2cc(B3OC(C)(C)C(C)(C)O3)cs2)c(Cl)c1. The van der Waals surface area contributed by atoms with Gasteiger partial charge >= 0.3 is 13.2 Å². The lowest BCUT2D eigenvalue weighted by Gasteiger charge is -2.32. The number of ether oxygens (including phenoxy) is 1. The summed E-state index contributed by atoms with van der Waals surface area (Å²) in [5, 5.41) is 5.25. The molecule has 1 N–H and O–H groups in total. The van der Waals surface area contributed by atoms with E-state index in [-0.39, 0.29) is 17.3 Å². The molecule has 0 aliphatic carbocycles. The second-order valence-electron chi connectivity index (χ2n) is 8.11. The molecule has 2 aromatic rings. The zero-order valence-corrected chi connectivity index (χ0v) is 18.5. The fraction of sp³-hybridized carbons (Fsp3) is 0.450. The largest absolute Gasteiger partial charge is 0.495 e. The Balaban J connectivity index is 1.76. The molecular formula is C20H25BClNO4S. The Morgan fingerprint density at radius 3 is 2.39 bits per heavy atom. The van der Waals surface area contributed by atoms with Gasteiger partial charge in [-0.2, -0.15) is 0 Å². The van der Waals surface area contributed by atoms with Crippen LogP contribution in [0.4, 0.5) is 10.5 Å². The number of amides is 1. The fourth-order valence-electron chi connectivity index (χ4n) is 2.75. The second-order valence-corrected chi connectivity index (χ2v) is 9.42. The highest BCUT2D eigenvalue weighted by Gasteiger charge is 2.51. The molecule has 1 aromatic carbocycles. The lowest BCUT2D eigenvalue weighted by molar-refractivity contribution is 0.00578. The summed E-state index contributed by atoms with van der Waals surface area (Å²) in [5.41, 5.74) is 1.68. The molecule has 1 aromatic heterocycles. The lowest BCUT2D eigenvalue weighted by atomic mass is 9.81. The Kier molecular flexibility index (Phi) is 5.83. The van der Waals surface area contributed by atoms with Crippen LogP contribution < -0.4 is 10.8 Å². The third-order valence-electron chi connectivity index (χ3n) is 4.97. The zero-order valence-electron chi connectivity index (χ0n) is 17.0. The number of hydrogen-bond acceptors (Lipinski definition) is 5. The van der Waals surface area contributed by atoms with Crippen LogP contribution in [0.15, 0.2) is 29.6 Å². The Labute approximate surface area is 175 Å². The fourth-order valence-corrected chi connectivity index (χ4v) is 4.04. The van der Waals surface area contributed by atoms with Gasteiger partial charge in [-0.1, -0.05) is 11.6 Å². The minimum atomic E-state index is -0.502. The molecule has 0 spiro atoms. The summed E-state index contributed by atoms with van der Waals surface area (Å²) in [4.78, 5) is 12.7. The zero-order chi connectivity index (χ0) is 20.7. The molecule has 1 amide bonds. The molecule has 3 rings (SSSR count). The minimum Gasteiger partial charge on any atom is -0.447 e. The Hall–Kier alpha value is -1.54. The van der Waals surface area contributed by atoms with Crippen molar-refractivity contribution in [3.8, 4) is 10.4 Å². The maximum atomic E-state index is 11.7. The van der Waals surface area contributed by atoms with E-state index in [0.29, 0.717) is 10.7 Å². The van der Waals surface area contributed by atoms with Gasteiger partial charge in [0.2, 0.25) is 0 Å². The van der Waals surface area contributed by atoms with Crippen molar-refractivity contribution < 1.29 is 18.8 Å². The number of benzene rings is 1. The van der Waals surface area contributed by atoms with E-state index in [1.807, 2.05) is 45.2 Å². The van der Waals surface area contributed by atoms with E-state index in [1.54, 1.807) is 37.3 Å². The van der Waals surface area contributed by atoms with Crippen molar-refractivity contribution in [3.63, 3.8) is 0 Å². The molecule has 8 heteroatoms. The molecule has 1 aliphatic rings. The molecule has 1 saturated heterocycles. The van der Waals surface area contributed by atoms with Gasteiger partial charge in [0.1, 0.15) is 0 Å².